The second kappa shape index (κ2) is 7.73. The van der Waals surface area contributed by atoms with E-state index in [4.69, 9.17) is 0 Å². The molecule has 0 saturated heterocycles. The Balaban J connectivity index is 1.97. The first-order valence-corrected chi connectivity index (χ1v) is 7.72. The summed E-state index contributed by atoms with van der Waals surface area (Å²) in [7, 11) is 0. The van der Waals surface area contributed by atoms with Crippen LogP contribution >= 0.6 is 11.3 Å². The zero-order valence-corrected chi connectivity index (χ0v) is 13.0. The number of rotatable bonds is 5. The summed E-state index contributed by atoms with van der Waals surface area (Å²) in [6.07, 6.45) is 0. The normalized spacial score (nSPS) is 11.5. The van der Waals surface area contributed by atoms with Gasteiger partial charge in [-0.1, -0.05) is 12.1 Å². The molecule has 112 valence electrons. The van der Waals surface area contributed by atoms with Crippen molar-refractivity contribution in [2.75, 3.05) is 6.54 Å². The molecular formula is C15H19FN4S. The van der Waals surface area contributed by atoms with Crippen LogP contribution in [0.2, 0.25) is 0 Å². The number of hydrogen-bond acceptors (Lipinski definition) is 3. The first-order valence-electron chi connectivity index (χ1n) is 6.84. The van der Waals surface area contributed by atoms with E-state index in [2.05, 4.69) is 20.6 Å². The van der Waals surface area contributed by atoms with Crippen LogP contribution in [0.1, 0.15) is 23.1 Å². The van der Waals surface area contributed by atoms with E-state index in [9.17, 15) is 4.39 Å². The third-order valence-corrected chi connectivity index (χ3v) is 3.85. The fourth-order valence-electron chi connectivity index (χ4n) is 1.81. The predicted octanol–water partition coefficient (Wildman–Crippen LogP) is 2.85. The molecule has 0 fully saturated rings. The van der Waals surface area contributed by atoms with E-state index in [-0.39, 0.29) is 5.82 Å². The van der Waals surface area contributed by atoms with Crippen molar-refractivity contribution in [1.82, 2.24) is 15.6 Å². The highest BCUT2D eigenvalue weighted by molar-refractivity contribution is 7.09. The Morgan fingerprint density at radius 3 is 2.90 bits per heavy atom. The Kier molecular flexibility index (Phi) is 5.68. The van der Waals surface area contributed by atoms with Crippen LogP contribution in [-0.2, 0) is 13.1 Å². The lowest BCUT2D eigenvalue weighted by molar-refractivity contribution is 0.625. The number of nitrogens with one attached hydrogen (secondary N) is 2. The highest BCUT2D eigenvalue weighted by atomic mass is 32.1. The lowest BCUT2D eigenvalue weighted by atomic mass is 10.2. The predicted molar refractivity (Wildman–Crippen MR) is 84.9 cm³/mol. The molecule has 0 amide bonds. The van der Waals surface area contributed by atoms with E-state index in [1.165, 1.54) is 17.0 Å². The van der Waals surface area contributed by atoms with E-state index >= 15 is 0 Å². The van der Waals surface area contributed by atoms with Crippen molar-refractivity contribution in [2.24, 2.45) is 4.99 Å². The Morgan fingerprint density at radius 2 is 2.24 bits per heavy atom. The van der Waals surface area contributed by atoms with Crippen LogP contribution in [0.5, 0.6) is 0 Å². The second-order valence-electron chi connectivity index (χ2n) is 4.54. The molecule has 0 aliphatic carbocycles. The van der Waals surface area contributed by atoms with Crippen molar-refractivity contribution < 1.29 is 4.39 Å². The van der Waals surface area contributed by atoms with E-state index in [0.29, 0.717) is 13.1 Å². The van der Waals surface area contributed by atoms with Crippen molar-refractivity contribution in [3.05, 3.63) is 51.7 Å². The molecule has 0 bridgehead atoms. The van der Waals surface area contributed by atoms with Gasteiger partial charge in [0.25, 0.3) is 0 Å². The lowest BCUT2D eigenvalue weighted by Gasteiger charge is -2.10. The maximum absolute atomic E-state index is 13.1. The monoisotopic (exact) mass is 306 g/mol. The van der Waals surface area contributed by atoms with Crippen LogP contribution in [0, 0.1) is 12.7 Å². The van der Waals surface area contributed by atoms with E-state index in [1.54, 1.807) is 17.4 Å². The summed E-state index contributed by atoms with van der Waals surface area (Å²) in [6, 6.07) is 6.49. The standard InChI is InChI=1S/C15H19FN4S/c1-3-17-15(19-9-14-11(2)20-10-21-14)18-8-12-5-4-6-13(16)7-12/h4-7,10H,3,8-9H2,1-2H3,(H2,17,18,19). The zero-order valence-electron chi connectivity index (χ0n) is 12.2. The van der Waals surface area contributed by atoms with Crippen molar-refractivity contribution in [3.63, 3.8) is 0 Å². The molecule has 6 heteroatoms. The van der Waals surface area contributed by atoms with Gasteiger partial charge < -0.3 is 10.6 Å². The number of nitrogens with zero attached hydrogens (tertiary/aromatic N) is 2. The number of guanidine groups is 1. The maximum atomic E-state index is 13.1. The first kappa shape index (κ1) is 15.4. The molecule has 21 heavy (non-hydrogen) atoms. The third-order valence-electron chi connectivity index (χ3n) is 2.91. The molecule has 2 N–H and O–H groups in total. The quantitative estimate of drug-likeness (QED) is 0.660. The first-order chi connectivity index (χ1) is 10.2. The molecule has 0 atom stereocenters. The smallest absolute Gasteiger partial charge is 0.191 e. The van der Waals surface area contributed by atoms with Crippen molar-refractivity contribution in [3.8, 4) is 0 Å². The fourth-order valence-corrected chi connectivity index (χ4v) is 2.52. The van der Waals surface area contributed by atoms with Crippen LogP contribution in [0.15, 0.2) is 34.8 Å². The fraction of sp³-hybridized carbons (Fsp3) is 0.333. The van der Waals surface area contributed by atoms with Crippen molar-refractivity contribution in [2.45, 2.75) is 26.9 Å². The summed E-state index contributed by atoms with van der Waals surface area (Å²) in [6.45, 7) is 5.90. The highest BCUT2D eigenvalue weighted by Crippen LogP contribution is 2.11. The number of benzene rings is 1. The molecule has 0 saturated carbocycles. The SMILES string of the molecule is CCNC(=NCc1cccc(F)c1)NCc1scnc1C. The van der Waals surface area contributed by atoms with E-state index in [1.807, 2.05) is 25.4 Å². The van der Waals surface area contributed by atoms with Gasteiger partial charge in [0.2, 0.25) is 0 Å². The third kappa shape index (κ3) is 4.82. The summed E-state index contributed by atoms with van der Waals surface area (Å²) >= 11 is 1.62. The number of aromatic nitrogens is 1. The molecule has 0 aliphatic heterocycles. The molecule has 1 aromatic carbocycles. The topological polar surface area (TPSA) is 49.3 Å². The van der Waals surface area contributed by atoms with Crippen LogP contribution in [0.3, 0.4) is 0 Å². The summed E-state index contributed by atoms with van der Waals surface area (Å²) in [4.78, 5) is 9.87. The van der Waals surface area contributed by atoms with Gasteiger partial charge in [-0.3, -0.25) is 0 Å². The van der Waals surface area contributed by atoms with Gasteiger partial charge in [0, 0.05) is 11.4 Å². The molecular weight excluding hydrogens is 287 g/mol. The maximum Gasteiger partial charge on any atom is 0.191 e. The Bertz CT molecular complexity index is 609. The Morgan fingerprint density at radius 1 is 1.38 bits per heavy atom. The van der Waals surface area contributed by atoms with Gasteiger partial charge in [0.05, 0.1) is 24.3 Å². The summed E-state index contributed by atoms with van der Waals surface area (Å²) in [5.74, 6) is 0.482. The lowest BCUT2D eigenvalue weighted by Crippen LogP contribution is -2.36. The van der Waals surface area contributed by atoms with Crippen LogP contribution in [-0.4, -0.2) is 17.5 Å². The van der Waals surface area contributed by atoms with Gasteiger partial charge in [-0.2, -0.15) is 0 Å². The average Bonchev–Trinajstić information content (AvgIpc) is 2.87. The van der Waals surface area contributed by atoms with Crippen LogP contribution in [0.4, 0.5) is 4.39 Å². The minimum Gasteiger partial charge on any atom is -0.357 e. The molecule has 0 spiro atoms. The van der Waals surface area contributed by atoms with Gasteiger partial charge in [0.15, 0.2) is 5.96 Å². The minimum absolute atomic E-state index is 0.235. The van der Waals surface area contributed by atoms with E-state index < -0.39 is 0 Å². The molecule has 0 aliphatic rings. The highest BCUT2D eigenvalue weighted by Gasteiger charge is 2.03. The molecule has 2 aromatic rings. The minimum atomic E-state index is -0.235. The van der Waals surface area contributed by atoms with E-state index in [0.717, 1.165) is 23.8 Å². The van der Waals surface area contributed by atoms with Crippen molar-refractivity contribution >= 4 is 17.3 Å². The van der Waals surface area contributed by atoms with Crippen molar-refractivity contribution in [1.29, 1.82) is 0 Å². The average molecular weight is 306 g/mol. The number of aliphatic imine (C=N–C) groups is 1. The molecule has 4 nitrogen and oxygen atoms in total. The van der Waals surface area contributed by atoms with Gasteiger partial charge in [0.1, 0.15) is 5.82 Å². The molecule has 1 aromatic heterocycles. The number of thiazole rings is 1. The molecule has 2 rings (SSSR count). The number of aryl methyl sites for hydroxylation is 1. The largest absolute Gasteiger partial charge is 0.357 e. The molecule has 0 radical (unpaired) electrons. The number of halogens is 1. The van der Waals surface area contributed by atoms with Gasteiger partial charge in [-0.05, 0) is 31.5 Å². The number of hydrogen-bond donors (Lipinski definition) is 2. The van der Waals surface area contributed by atoms with Crippen LogP contribution < -0.4 is 10.6 Å². The summed E-state index contributed by atoms with van der Waals surface area (Å²) < 4.78 is 13.1. The molecule has 1 heterocycles. The summed E-state index contributed by atoms with van der Waals surface area (Å²) in [5, 5.41) is 6.44. The Hall–Kier alpha value is -1.95. The molecule has 0 unspecified atom stereocenters. The van der Waals surface area contributed by atoms with Crippen LogP contribution in [0.25, 0.3) is 0 Å². The summed E-state index contributed by atoms with van der Waals surface area (Å²) in [5.41, 5.74) is 3.72. The zero-order chi connectivity index (χ0) is 15.1. The van der Waals surface area contributed by atoms with Gasteiger partial charge in [-0.15, -0.1) is 11.3 Å². The van der Waals surface area contributed by atoms with Gasteiger partial charge >= 0.3 is 0 Å². The second-order valence-corrected chi connectivity index (χ2v) is 5.48. The Labute approximate surface area is 128 Å². The van der Waals surface area contributed by atoms with Gasteiger partial charge in [-0.25, -0.2) is 14.4 Å².